The molecule has 0 unspecified atom stereocenters. The molecule has 0 aliphatic heterocycles. The topological polar surface area (TPSA) is 22.1 Å². The highest BCUT2D eigenvalue weighted by Gasteiger charge is 2.32. The van der Waals surface area contributed by atoms with Gasteiger partial charge in [-0.15, -0.1) is 0 Å². The van der Waals surface area contributed by atoms with Crippen molar-refractivity contribution in [3.63, 3.8) is 0 Å². The second-order valence-corrected chi connectivity index (χ2v) is 6.30. The van der Waals surface area contributed by atoms with Crippen LogP contribution < -0.4 is 4.74 Å². The summed E-state index contributed by atoms with van der Waals surface area (Å²) < 4.78 is 5.97. The van der Waals surface area contributed by atoms with Crippen LogP contribution >= 0.6 is 23.2 Å². The molecule has 18 heavy (non-hydrogen) atoms. The molecule has 2 bridgehead atoms. The number of hydrogen-bond acceptors (Lipinski definition) is 2. The lowest BCUT2D eigenvalue weighted by molar-refractivity contribution is 0.0594. The zero-order valence-corrected chi connectivity index (χ0v) is 11.8. The highest BCUT2D eigenvalue weighted by molar-refractivity contribution is 6.41. The monoisotopic (exact) mass is 285 g/mol. The summed E-state index contributed by atoms with van der Waals surface area (Å²) in [6.45, 7) is 0. The van der Waals surface area contributed by atoms with Gasteiger partial charge in [0, 0.05) is 6.07 Å². The Labute approximate surface area is 118 Å². The van der Waals surface area contributed by atoms with Crippen LogP contribution in [-0.2, 0) is 0 Å². The van der Waals surface area contributed by atoms with Crippen LogP contribution in [-0.4, -0.2) is 11.1 Å². The highest BCUT2D eigenvalue weighted by Crippen LogP contribution is 2.41. The van der Waals surface area contributed by atoms with Crippen LogP contribution in [0.3, 0.4) is 0 Å². The first kappa shape index (κ1) is 12.6. The molecule has 2 aliphatic carbocycles. The maximum absolute atomic E-state index is 5.97. The van der Waals surface area contributed by atoms with Gasteiger partial charge in [-0.3, -0.25) is 0 Å². The molecule has 0 N–H and O–H groups in total. The van der Waals surface area contributed by atoms with E-state index in [-0.39, 0.29) is 0 Å². The number of rotatable bonds is 2. The zero-order valence-electron chi connectivity index (χ0n) is 10.2. The second kappa shape index (κ2) is 5.26. The van der Waals surface area contributed by atoms with Crippen molar-refractivity contribution in [3.8, 4) is 5.88 Å². The molecule has 2 saturated carbocycles. The van der Waals surface area contributed by atoms with Gasteiger partial charge in [-0.25, -0.2) is 0 Å². The summed E-state index contributed by atoms with van der Waals surface area (Å²) in [6.07, 6.45) is 8.16. The fraction of sp³-hybridized carbons (Fsp3) is 0.643. The molecular weight excluding hydrogens is 269 g/mol. The predicted molar refractivity (Wildman–Crippen MR) is 73.4 cm³/mol. The third kappa shape index (κ3) is 2.75. The molecule has 0 radical (unpaired) electrons. The van der Waals surface area contributed by atoms with Crippen molar-refractivity contribution in [1.29, 1.82) is 0 Å². The quantitative estimate of drug-likeness (QED) is 0.733. The van der Waals surface area contributed by atoms with E-state index in [4.69, 9.17) is 27.9 Å². The van der Waals surface area contributed by atoms with Crippen molar-refractivity contribution in [2.75, 3.05) is 0 Å². The third-order valence-electron chi connectivity index (χ3n) is 4.15. The molecule has 0 aromatic carbocycles. The first-order valence-electron chi connectivity index (χ1n) is 6.69. The molecule has 1 aromatic heterocycles. The van der Waals surface area contributed by atoms with E-state index in [9.17, 15) is 0 Å². The Kier molecular flexibility index (Phi) is 3.67. The van der Waals surface area contributed by atoms with Gasteiger partial charge in [0.2, 0.25) is 5.88 Å². The normalized spacial score (nSPS) is 31.1. The molecule has 2 nitrogen and oxygen atoms in total. The Morgan fingerprint density at radius 3 is 2.44 bits per heavy atom. The van der Waals surface area contributed by atoms with E-state index < -0.39 is 0 Å². The lowest BCUT2D eigenvalue weighted by Gasteiger charge is -2.38. The molecule has 1 heterocycles. The minimum absolute atomic E-state index is 0.304. The van der Waals surface area contributed by atoms with Gasteiger partial charge in [0.15, 0.2) is 5.15 Å². The van der Waals surface area contributed by atoms with E-state index in [0.717, 1.165) is 11.8 Å². The van der Waals surface area contributed by atoms with E-state index in [1.165, 1.54) is 38.5 Å². The minimum Gasteiger partial charge on any atom is -0.474 e. The summed E-state index contributed by atoms with van der Waals surface area (Å²) in [5.41, 5.74) is 0. The Morgan fingerprint density at radius 1 is 1.06 bits per heavy atom. The van der Waals surface area contributed by atoms with E-state index in [1.807, 2.05) is 0 Å². The van der Waals surface area contributed by atoms with Crippen molar-refractivity contribution < 1.29 is 4.74 Å². The van der Waals surface area contributed by atoms with E-state index in [1.54, 1.807) is 12.1 Å². The van der Waals surface area contributed by atoms with Crippen LogP contribution in [0.2, 0.25) is 10.2 Å². The van der Waals surface area contributed by atoms with Gasteiger partial charge in [0.1, 0.15) is 6.10 Å². The van der Waals surface area contributed by atoms with Crippen LogP contribution in [0.4, 0.5) is 0 Å². The molecule has 2 fully saturated rings. The summed E-state index contributed by atoms with van der Waals surface area (Å²) >= 11 is 11.8. The van der Waals surface area contributed by atoms with E-state index in [0.29, 0.717) is 22.2 Å². The van der Waals surface area contributed by atoms with Crippen LogP contribution in [0.15, 0.2) is 12.1 Å². The Morgan fingerprint density at radius 2 is 1.78 bits per heavy atom. The summed E-state index contributed by atoms with van der Waals surface area (Å²) in [6, 6.07) is 3.55. The lowest BCUT2D eigenvalue weighted by atomic mass is 9.71. The minimum atomic E-state index is 0.304. The Bertz CT molecular complexity index is 426. The van der Waals surface area contributed by atoms with Gasteiger partial charge >= 0.3 is 0 Å². The molecular formula is C14H17Cl2NO. The van der Waals surface area contributed by atoms with Crippen molar-refractivity contribution in [2.45, 2.75) is 44.6 Å². The van der Waals surface area contributed by atoms with Crippen LogP contribution in [0.5, 0.6) is 5.88 Å². The Balaban J connectivity index is 1.67. The van der Waals surface area contributed by atoms with Gasteiger partial charge in [-0.2, -0.15) is 4.98 Å². The molecule has 0 amide bonds. The average molecular weight is 286 g/mol. The summed E-state index contributed by atoms with van der Waals surface area (Å²) in [5.74, 6) is 2.31. The fourth-order valence-corrected chi connectivity index (χ4v) is 3.66. The number of hydrogen-bond donors (Lipinski definition) is 0. The maximum Gasteiger partial charge on any atom is 0.215 e. The van der Waals surface area contributed by atoms with Crippen molar-refractivity contribution in [1.82, 2.24) is 4.98 Å². The first-order chi connectivity index (χ1) is 8.70. The number of pyridine rings is 1. The van der Waals surface area contributed by atoms with Gasteiger partial charge in [0.25, 0.3) is 0 Å². The lowest BCUT2D eigenvalue weighted by Crippen LogP contribution is -2.33. The highest BCUT2D eigenvalue weighted by atomic mass is 35.5. The van der Waals surface area contributed by atoms with Crippen molar-refractivity contribution in [3.05, 3.63) is 22.3 Å². The largest absolute Gasteiger partial charge is 0.474 e. The summed E-state index contributed by atoms with van der Waals surface area (Å²) in [4.78, 5) is 4.17. The molecule has 0 saturated heterocycles. The fourth-order valence-electron chi connectivity index (χ4n) is 3.40. The predicted octanol–water partition coefficient (Wildman–Crippen LogP) is 4.74. The van der Waals surface area contributed by atoms with Crippen LogP contribution in [0.1, 0.15) is 38.5 Å². The van der Waals surface area contributed by atoms with Gasteiger partial charge in [-0.1, -0.05) is 42.5 Å². The van der Waals surface area contributed by atoms with Crippen LogP contribution in [0, 0.1) is 11.8 Å². The summed E-state index contributed by atoms with van der Waals surface area (Å²) in [5, 5.41) is 0.801. The molecule has 4 heteroatoms. The molecule has 2 aliphatic rings. The Hall–Kier alpha value is -0.470. The average Bonchev–Trinajstić information content (AvgIpc) is 2.33. The second-order valence-electron chi connectivity index (χ2n) is 5.53. The molecule has 98 valence electrons. The van der Waals surface area contributed by atoms with E-state index >= 15 is 0 Å². The van der Waals surface area contributed by atoms with Gasteiger partial charge < -0.3 is 4.74 Å². The van der Waals surface area contributed by atoms with Gasteiger partial charge in [-0.05, 0) is 37.2 Å². The first-order valence-corrected chi connectivity index (χ1v) is 7.45. The number of fused-ring (bicyclic) bond motifs is 2. The van der Waals surface area contributed by atoms with Gasteiger partial charge in [0.05, 0.1) is 5.02 Å². The molecule has 0 spiro atoms. The summed E-state index contributed by atoms with van der Waals surface area (Å²) in [7, 11) is 0. The zero-order chi connectivity index (χ0) is 12.5. The smallest absolute Gasteiger partial charge is 0.215 e. The third-order valence-corrected chi connectivity index (χ3v) is 4.84. The molecule has 1 aromatic rings. The standard InChI is InChI=1S/C14H17Cl2NO/c15-12-4-5-13(17-14(12)16)18-11-7-9-2-1-3-10(6-9)8-11/h4-5,9-11H,1-3,6-8H2/t9-,10-/m1/s1. The SMILES string of the molecule is Clc1ccc(OC2C[C@@H]3CCC[C@@H](C2)C3)nc1Cl. The van der Waals surface area contributed by atoms with E-state index in [2.05, 4.69) is 4.98 Å². The van der Waals surface area contributed by atoms with Crippen LogP contribution in [0.25, 0.3) is 0 Å². The number of aromatic nitrogens is 1. The number of nitrogens with zero attached hydrogens (tertiary/aromatic N) is 1. The maximum atomic E-state index is 5.97. The number of ether oxygens (including phenoxy) is 1. The molecule has 3 rings (SSSR count). The number of halogens is 2. The molecule has 2 atom stereocenters. The van der Waals surface area contributed by atoms with Crippen molar-refractivity contribution in [2.24, 2.45) is 11.8 Å². The van der Waals surface area contributed by atoms with Crippen molar-refractivity contribution >= 4 is 23.2 Å².